The largest absolute Gasteiger partial charge is 0.326 e. The molecule has 17 heavy (non-hydrogen) atoms. The van der Waals surface area contributed by atoms with Crippen LogP contribution in [0.3, 0.4) is 0 Å². The Hall–Kier alpha value is -1.23. The van der Waals surface area contributed by atoms with Crippen molar-refractivity contribution in [3.05, 3.63) is 28.8 Å². The first-order valence-electron chi connectivity index (χ1n) is 4.31. The number of nitrogens with zero attached hydrogens (tertiary/aromatic N) is 1. The van der Waals surface area contributed by atoms with Gasteiger partial charge in [0, 0.05) is 22.8 Å². The minimum Gasteiger partial charge on any atom is -0.326 e. The van der Waals surface area contributed by atoms with Gasteiger partial charge >= 0.3 is 0 Å². The van der Waals surface area contributed by atoms with Crippen LogP contribution < -0.4 is 5.73 Å². The van der Waals surface area contributed by atoms with Gasteiger partial charge in [-0.05, 0) is 17.7 Å². The third-order valence-corrected chi connectivity index (χ3v) is 3.38. The molecule has 0 spiro atoms. The Morgan fingerprint density at radius 1 is 1.47 bits per heavy atom. The molecule has 92 valence electrons. The lowest BCUT2D eigenvalue weighted by atomic mass is 10.0. The van der Waals surface area contributed by atoms with Crippen LogP contribution in [0.1, 0.15) is 23.1 Å². The van der Waals surface area contributed by atoms with Crippen LogP contribution in [-0.2, 0) is 15.6 Å². The van der Waals surface area contributed by atoms with Crippen molar-refractivity contribution < 1.29 is 17.2 Å². The van der Waals surface area contributed by atoms with E-state index in [-0.39, 0.29) is 12.1 Å². The highest BCUT2D eigenvalue weighted by Crippen LogP contribution is 2.30. The van der Waals surface area contributed by atoms with E-state index >= 15 is 0 Å². The molecule has 2 N–H and O–H groups in total. The fourth-order valence-electron chi connectivity index (χ4n) is 1.30. The molecular weight excluding hydrogens is 274 g/mol. The summed E-state index contributed by atoms with van der Waals surface area (Å²) >= 11 is 0. The van der Waals surface area contributed by atoms with Crippen LogP contribution in [-0.4, -0.2) is 8.42 Å². The average molecular weight is 281 g/mol. The van der Waals surface area contributed by atoms with Crippen LogP contribution in [0.2, 0.25) is 0 Å². The molecule has 1 aromatic carbocycles. The number of hydrogen-bond acceptors (Lipinski definition) is 4. The zero-order valence-corrected chi connectivity index (χ0v) is 9.89. The summed E-state index contributed by atoms with van der Waals surface area (Å²) in [6.07, 6.45) is -2.98. The molecule has 4 nitrogen and oxygen atoms in total. The first kappa shape index (κ1) is 13.8. The van der Waals surface area contributed by atoms with Crippen LogP contribution in [0.25, 0.3) is 0 Å². The smallest absolute Gasteiger partial charge is 0.265 e. The molecule has 1 aromatic rings. The van der Waals surface area contributed by atoms with Crippen LogP contribution in [0.15, 0.2) is 17.0 Å². The van der Waals surface area contributed by atoms with E-state index in [0.717, 1.165) is 12.1 Å². The van der Waals surface area contributed by atoms with Crippen molar-refractivity contribution in [2.24, 2.45) is 5.73 Å². The third kappa shape index (κ3) is 2.91. The molecule has 0 radical (unpaired) electrons. The SMILES string of the molecule is N#Cc1c(C(F)F)cc(CN)cc1S(=O)(=O)Cl. The molecule has 0 unspecified atom stereocenters. The molecule has 0 saturated carbocycles. The maximum Gasteiger partial charge on any atom is 0.265 e. The summed E-state index contributed by atoms with van der Waals surface area (Å²) in [5, 5.41) is 8.74. The highest BCUT2D eigenvalue weighted by Gasteiger charge is 2.24. The summed E-state index contributed by atoms with van der Waals surface area (Å²) in [7, 11) is 0.810. The zero-order chi connectivity index (χ0) is 13.2. The van der Waals surface area contributed by atoms with Gasteiger partial charge in [-0.25, -0.2) is 17.2 Å². The van der Waals surface area contributed by atoms with Crippen molar-refractivity contribution in [1.29, 1.82) is 5.26 Å². The van der Waals surface area contributed by atoms with Gasteiger partial charge in [-0.1, -0.05) is 0 Å². The molecular formula is C9H7ClF2N2O2S. The first-order valence-corrected chi connectivity index (χ1v) is 6.62. The molecule has 1 rings (SSSR count). The van der Waals surface area contributed by atoms with Crippen molar-refractivity contribution in [1.82, 2.24) is 0 Å². The second-order valence-corrected chi connectivity index (χ2v) is 5.65. The van der Waals surface area contributed by atoms with E-state index < -0.39 is 31.5 Å². The van der Waals surface area contributed by atoms with Crippen molar-refractivity contribution in [2.75, 3.05) is 0 Å². The van der Waals surface area contributed by atoms with E-state index in [1.54, 1.807) is 0 Å². The summed E-state index contributed by atoms with van der Waals surface area (Å²) in [5.41, 5.74) is 4.09. The van der Waals surface area contributed by atoms with E-state index in [2.05, 4.69) is 0 Å². The molecule has 0 saturated heterocycles. The molecule has 0 atom stereocenters. The molecule has 0 aliphatic heterocycles. The normalized spacial score (nSPS) is 11.5. The molecule has 0 heterocycles. The Morgan fingerprint density at radius 2 is 2.06 bits per heavy atom. The van der Waals surface area contributed by atoms with Gasteiger partial charge < -0.3 is 5.73 Å². The maximum absolute atomic E-state index is 12.7. The maximum atomic E-state index is 12.7. The molecule has 0 amide bonds. The van der Waals surface area contributed by atoms with Gasteiger partial charge in [0.15, 0.2) is 0 Å². The second kappa shape index (κ2) is 4.96. The second-order valence-electron chi connectivity index (χ2n) is 3.11. The summed E-state index contributed by atoms with van der Waals surface area (Å²) in [6.45, 7) is -0.134. The van der Waals surface area contributed by atoms with Crippen LogP contribution in [0.5, 0.6) is 0 Å². The number of rotatable bonds is 3. The topological polar surface area (TPSA) is 83.9 Å². The Morgan fingerprint density at radius 3 is 2.41 bits per heavy atom. The number of hydrogen-bond donors (Lipinski definition) is 1. The van der Waals surface area contributed by atoms with E-state index in [1.165, 1.54) is 6.07 Å². The fourth-order valence-corrected chi connectivity index (χ4v) is 2.36. The quantitative estimate of drug-likeness (QED) is 0.857. The van der Waals surface area contributed by atoms with Gasteiger partial charge in [0.1, 0.15) is 11.0 Å². The molecule has 8 heteroatoms. The Balaban J connectivity index is 3.71. The van der Waals surface area contributed by atoms with Gasteiger partial charge in [-0.15, -0.1) is 0 Å². The Labute approximate surface area is 101 Å². The summed E-state index contributed by atoms with van der Waals surface area (Å²) in [5.74, 6) is 0. The number of nitriles is 1. The average Bonchev–Trinajstić information content (AvgIpc) is 2.25. The van der Waals surface area contributed by atoms with Gasteiger partial charge in [0.25, 0.3) is 15.5 Å². The summed E-state index contributed by atoms with van der Waals surface area (Å²) in [6, 6.07) is 3.43. The summed E-state index contributed by atoms with van der Waals surface area (Å²) < 4.78 is 47.7. The number of halogens is 3. The van der Waals surface area contributed by atoms with Crippen molar-refractivity contribution in [3.8, 4) is 6.07 Å². The lowest BCUT2D eigenvalue weighted by Gasteiger charge is -2.09. The predicted molar refractivity (Wildman–Crippen MR) is 57.0 cm³/mol. The number of benzene rings is 1. The molecule has 0 aromatic heterocycles. The molecule has 0 aliphatic rings. The zero-order valence-electron chi connectivity index (χ0n) is 8.32. The minimum absolute atomic E-state index is 0.134. The Bertz CT molecular complexity index is 581. The molecule has 0 aliphatic carbocycles. The third-order valence-electron chi connectivity index (χ3n) is 2.04. The van der Waals surface area contributed by atoms with E-state index in [9.17, 15) is 17.2 Å². The van der Waals surface area contributed by atoms with Crippen molar-refractivity contribution in [3.63, 3.8) is 0 Å². The fraction of sp³-hybridized carbons (Fsp3) is 0.222. The Kier molecular flexibility index (Phi) is 4.03. The number of nitrogens with two attached hydrogens (primary N) is 1. The van der Waals surface area contributed by atoms with Crippen LogP contribution in [0, 0.1) is 11.3 Å². The van der Waals surface area contributed by atoms with Crippen LogP contribution >= 0.6 is 10.7 Å². The summed E-state index contributed by atoms with van der Waals surface area (Å²) in [4.78, 5) is -0.639. The van der Waals surface area contributed by atoms with E-state index in [0.29, 0.717) is 0 Å². The van der Waals surface area contributed by atoms with Gasteiger partial charge in [-0.3, -0.25) is 0 Å². The molecule has 0 fully saturated rings. The monoisotopic (exact) mass is 280 g/mol. The predicted octanol–water partition coefficient (Wildman–Crippen LogP) is 1.88. The lowest BCUT2D eigenvalue weighted by molar-refractivity contribution is 0.150. The van der Waals surface area contributed by atoms with Crippen molar-refractivity contribution in [2.45, 2.75) is 17.9 Å². The van der Waals surface area contributed by atoms with Gasteiger partial charge in [0.05, 0.1) is 5.56 Å². The van der Waals surface area contributed by atoms with Crippen molar-refractivity contribution >= 4 is 19.7 Å². The standard InChI is InChI=1S/C9H7ClF2N2O2S/c10-17(15,16)8-2-5(3-13)1-6(9(11)12)7(8)4-14/h1-2,9H,3,13H2. The minimum atomic E-state index is -4.27. The van der Waals surface area contributed by atoms with E-state index in [4.69, 9.17) is 21.7 Å². The first-order chi connectivity index (χ1) is 7.81. The lowest BCUT2D eigenvalue weighted by Crippen LogP contribution is -2.05. The van der Waals surface area contributed by atoms with E-state index in [1.807, 2.05) is 0 Å². The molecule has 0 bridgehead atoms. The highest BCUT2D eigenvalue weighted by atomic mass is 35.7. The van der Waals surface area contributed by atoms with Gasteiger partial charge in [0.2, 0.25) is 0 Å². The van der Waals surface area contributed by atoms with Gasteiger partial charge in [-0.2, -0.15) is 5.26 Å². The van der Waals surface area contributed by atoms with Crippen LogP contribution in [0.4, 0.5) is 8.78 Å². The highest BCUT2D eigenvalue weighted by molar-refractivity contribution is 8.13. The number of alkyl halides is 2.